The van der Waals surface area contributed by atoms with Crippen molar-refractivity contribution < 1.29 is 35.7 Å². The zero-order valence-corrected chi connectivity index (χ0v) is 24.0. The van der Waals surface area contributed by atoms with E-state index in [4.69, 9.17) is 0 Å². The van der Waals surface area contributed by atoms with Crippen LogP contribution < -0.4 is 0 Å². The molecule has 0 aromatic carbocycles. The number of halogens is 4. The molecule has 0 aliphatic carbocycles. The molecule has 0 N–H and O–H groups in total. The van der Waals surface area contributed by atoms with Gasteiger partial charge < -0.3 is 0 Å². The third kappa shape index (κ3) is 5.43. The normalized spacial score (nSPS) is 24.4. The summed E-state index contributed by atoms with van der Waals surface area (Å²) in [6.45, 7) is 11.8. The van der Waals surface area contributed by atoms with E-state index in [9.17, 15) is 8.78 Å². The Morgan fingerprint density at radius 1 is 0.676 bits per heavy atom. The number of alkyl halides is 2. The van der Waals surface area contributed by atoms with Gasteiger partial charge in [-0.3, -0.25) is 0 Å². The monoisotopic (exact) mass is 691 g/mol. The minimum atomic E-state index is -2.18. The number of pyridine rings is 2. The molecule has 9 heteroatoms. The van der Waals surface area contributed by atoms with Gasteiger partial charge in [0.25, 0.3) is 0 Å². The fourth-order valence-corrected chi connectivity index (χ4v) is 6.70. The molecule has 4 heterocycles. The predicted molar refractivity (Wildman–Crippen MR) is 131 cm³/mol. The SMILES string of the molecule is CC(C)(C)C1=CC(F)(c2ccc(F)nc2)[N]([Ir][N]2C=CC(C(C)(C)C)=CC2(F)c2ccc(F)nc2)C=C1. The standard InChI is InChI=1S/2C14H15F2N2.Ir/c2*1-13(2,3)10-6-7-18-14(16,8-10)11-4-5-12(15)17-9-11;/h2*4-9H,1-3H3;/q2*-1;+2. The van der Waals surface area contributed by atoms with Gasteiger partial charge >= 0.3 is 224 Å². The number of allylic oxidation sites excluding steroid dienone is 4. The molecule has 2 atom stereocenters. The molecule has 0 saturated carbocycles. The minimum absolute atomic E-state index is 0.142. The van der Waals surface area contributed by atoms with E-state index in [1.54, 1.807) is 12.4 Å². The first-order chi connectivity index (χ1) is 17.1. The Balaban J connectivity index is 1.79. The average molecular weight is 691 g/mol. The topological polar surface area (TPSA) is 32.3 Å². The van der Waals surface area contributed by atoms with Crippen molar-refractivity contribution in [2.75, 3.05) is 0 Å². The van der Waals surface area contributed by atoms with Crippen molar-refractivity contribution in [3.05, 3.63) is 108 Å². The van der Waals surface area contributed by atoms with E-state index in [0.29, 0.717) is 0 Å². The maximum atomic E-state index is 17.0. The molecule has 0 bridgehead atoms. The van der Waals surface area contributed by atoms with Crippen molar-refractivity contribution in [1.82, 2.24) is 17.1 Å². The Bertz CT molecular complexity index is 1170. The van der Waals surface area contributed by atoms with Gasteiger partial charge in [-0.25, -0.2) is 0 Å². The second-order valence-corrected chi connectivity index (χ2v) is 13.8. The maximum absolute atomic E-state index is 17.0. The van der Waals surface area contributed by atoms with Gasteiger partial charge in [0.2, 0.25) is 0 Å². The zero-order chi connectivity index (χ0) is 27.2. The van der Waals surface area contributed by atoms with Crippen molar-refractivity contribution in [3.8, 4) is 0 Å². The van der Waals surface area contributed by atoms with Gasteiger partial charge in [-0.1, -0.05) is 0 Å². The third-order valence-corrected chi connectivity index (χ3v) is 9.49. The number of nitrogens with zero attached hydrogens (tertiary/aromatic N) is 4. The molecule has 2 aliphatic heterocycles. The van der Waals surface area contributed by atoms with Crippen LogP contribution in [-0.4, -0.2) is 17.1 Å². The van der Waals surface area contributed by atoms with Crippen molar-refractivity contribution in [3.63, 3.8) is 0 Å². The van der Waals surface area contributed by atoms with E-state index in [1.165, 1.54) is 43.8 Å². The molecule has 4 nitrogen and oxygen atoms in total. The van der Waals surface area contributed by atoms with Gasteiger partial charge in [0.05, 0.1) is 0 Å². The molecule has 0 radical (unpaired) electrons. The second kappa shape index (κ2) is 9.51. The molecular formula is C28H30F4IrN4. The van der Waals surface area contributed by atoms with Gasteiger partial charge in [0.1, 0.15) is 0 Å². The number of hydrogen-bond donors (Lipinski definition) is 0. The van der Waals surface area contributed by atoms with Crippen LogP contribution in [0.2, 0.25) is 0 Å². The summed E-state index contributed by atoms with van der Waals surface area (Å²) in [5, 5.41) is 0. The van der Waals surface area contributed by atoms with Crippen molar-refractivity contribution in [1.29, 1.82) is 0 Å². The van der Waals surface area contributed by atoms with Crippen LogP contribution in [0.25, 0.3) is 0 Å². The average Bonchev–Trinajstić information content (AvgIpc) is 2.81. The molecule has 0 spiro atoms. The van der Waals surface area contributed by atoms with E-state index >= 15 is 8.78 Å². The van der Waals surface area contributed by atoms with E-state index in [1.807, 2.05) is 53.7 Å². The molecule has 0 fully saturated rings. The number of aromatic nitrogens is 2. The molecule has 37 heavy (non-hydrogen) atoms. The first-order valence-electron chi connectivity index (χ1n) is 11.8. The van der Waals surface area contributed by atoms with Crippen molar-refractivity contribution >= 4 is 0 Å². The quantitative estimate of drug-likeness (QED) is 0.193. The van der Waals surface area contributed by atoms with Gasteiger partial charge in [-0.05, 0) is 0 Å². The van der Waals surface area contributed by atoms with Crippen LogP contribution >= 0.6 is 0 Å². The summed E-state index contributed by atoms with van der Waals surface area (Å²) in [7, 11) is 0. The van der Waals surface area contributed by atoms with E-state index in [0.717, 1.165) is 23.3 Å². The molecule has 199 valence electrons. The van der Waals surface area contributed by atoms with Crippen LogP contribution in [0.4, 0.5) is 17.6 Å². The fraction of sp³-hybridized carbons (Fsp3) is 0.357. The molecule has 2 aromatic rings. The van der Waals surface area contributed by atoms with E-state index < -0.39 is 41.7 Å². The number of rotatable bonds is 4. The Morgan fingerprint density at radius 3 is 1.35 bits per heavy atom. The molecule has 0 amide bonds. The van der Waals surface area contributed by atoms with Crippen LogP contribution in [0.3, 0.4) is 0 Å². The van der Waals surface area contributed by atoms with Crippen molar-refractivity contribution in [2.24, 2.45) is 10.8 Å². The van der Waals surface area contributed by atoms with E-state index in [2.05, 4.69) is 9.97 Å². The van der Waals surface area contributed by atoms with E-state index in [-0.39, 0.29) is 22.0 Å². The molecule has 2 unspecified atom stereocenters. The van der Waals surface area contributed by atoms with Crippen LogP contribution in [-0.2, 0) is 29.8 Å². The Kier molecular flexibility index (Phi) is 7.01. The zero-order valence-electron chi connectivity index (χ0n) is 21.6. The summed E-state index contributed by atoms with van der Waals surface area (Å²) in [4.78, 5) is 7.32. The Labute approximate surface area is 224 Å². The van der Waals surface area contributed by atoms with Crippen LogP contribution in [0.5, 0.6) is 0 Å². The molecule has 0 saturated heterocycles. The summed E-state index contributed by atoms with van der Waals surface area (Å²) in [6.07, 6.45) is 12.2. The predicted octanol–water partition coefficient (Wildman–Crippen LogP) is 7.22. The van der Waals surface area contributed by atoms with Crippen LogP contribution in [0, 0.1) is 22.7 Å². The summed E-state index contributed by atoms with van der Waals surface area (Å²) < 4.78 is 64.2. The molecule has 4 rings (SSSR count). The summed E-state index contributed by atoms with van der Waals surface area (Å²) >= 11 is -1.75. The van der Waals surface area contributed by atoms with Gasteiger partial charge in [0.15, 0.2) is 0 Å². The van der Waals surface area contributed by atoms with Gasteiger partial charge in [-0.2, -0.15) is 0 Å². The molecular weight excluding hydrogens is 661 g/mol. The second-order valence-electron chi connectivity index (χ2n) is 11.1. The Morgan fingerprint density at radius 2 is 1.05 bits per heavy atom. The molecule has 2 aliphatic rings. The Hall–Kier alpha value is -2.77. The molecule has 2 aromatic heterocycles. The van der Waals surface area contributed by atoms with Gasteiger partial charge in [0, 0.05) is 0 Å². The first-order valence-corrected chi connectivity index (χ1v) is 13.9. The first kappa shape index (κ1) is 27.3. The third-order valence-electron chi connectivity index (χ3n) is 6.18. The van der Waals surface area contributed by atoms with Crippen LogP contribution in [0.15, 0.2) is 84.5 Å². The summed E-state index contributed by atoms with van der Waals surface area (Å²) in [6, 6.07) is 4.93. The van der Waals surface area contributed by atoms with Gasteiger partial charge in [-0.15, -0.1) is 0 Å². The fourth-order valence-electron chi connectivity index (χ4n) is 3.85. The summed E-state index contributed by atoms with van der Waals surface area (Å²) in [5.41, 5.74) is 1.08. The summed E-state index contributed by atoms with van der Waals surface area (Å²) in [5.74, 6) is -5.79. The van der Waals surface area contributed by atoms with Crippen molar-refractivity contribution in [2.45, 2.75) is 53.1 Å². The number of hydrogen-bond acceptors (Lipinski definition) is 4. The van der Waals surface area contributed by atoms with Crippen LogP contribution in [0.1, 0.15) is 52.7 Å².